The third kappa shape index (κ3) is 5.65. The van der Waals surface area contributed by atoms with Gasteiger partial charge in [-0.3, -0.25) is 4.79 Å². The molecule has 124 valence electrons. The van der Waals surface area contributed by atoms with Gasteiger partial charge in [-0.05, 0) is 36.6 Å². The summed E-state index contributed by atoms with van der Waals surface area (Å²) >= 11 is 0. The summed E-state index contributed by atoms with van der Waals surface area (Å²) < 4.78 is 31.1. The van der Waals surface area contributed by atoms with Crippen molar-refractivity contribution in [3.63, 3.8) is 0 Å². The fourth-order valence-corrected chi connectivity index (χ4v) is 2.85. The fourth-order valence-electron chi connectivity index (χ4n) is 1.67. The van der Waals surface area contributed by atoms with Gasteiger partial charge in [0, 0.05) is 13.6 Å². The van der Waals surface area contributed by atoms with E-state index in [1.807, 2.05) is 0 Å². The molecular formula is C15H23NO5S. The van der Waals surface area contributed by atoms with Crippen LogP contribution in [0.1, 0.15) is 26.7 Å². The minimum Gasteiger partial charge on any atom is -0.494 e. The predicted molar refractivity (Wildman–Crippen MR) is 83.5 cm³/mol. The normalized spacial score (nSPS) is 11.9. The molecule has 1 N–H and O–H groups in total. The molecule has 0 aliphatic rings. The first-order valence-electron chi connectivity index (χ1n) is 7.14. The highest BCUT2D eigenvalue weighted by Crippen LogP contribution is 2.19. The van der Waals surface area contributed by atoms with Crippen molar-refractivity contribution in [2.24, 2.45) is 5.92 Å². The molecule has 0 saturated carbocycles. The molecule has 0 fully saturated rings. The van der Waals surface area contributed by atoms with Crippen LogP contribution >= 0.6 is 0 Å². The minimum absolute atomic E-state index is 0.0652. The molecule has 0 spiro atoms. The van der Waals surface area contributed by atoms with Crippen LogP contribution in [-0.2, 0) is 14.8 Å². The quantitative estimate of drug-likeness (QED) is 0.751. The van der Waals surface area contributed by atoms with Gasteiger partial charge in [0.1, 0.15) is 5.75 Å². The number of hydrogen-bond acceptors (Lipinski definition) is 4. The van der Waals surface area contributed by atoms with E-state index in [-0.39, 0.29) is 17.9 Å². The lowest BCUT2D eigenvalue weighted by molar-refractivity contribution is -0.137. The Kier molecular flexibility index (Phi) is 6.83. The summed E-state index contributed by atoms with van der Waals surface area (Å²) in [6.07, 6.45) is 0.699. The summed E-state index contributed by atoms with van der Waals surface area (Å²) in [5.74, 6) is 0.131. The molecule has 0 aliphatic carbocycles. The topological polar surface area (TPSA) is 83.9 Å². The highest BCUT2D eigenvalue weighted by Gasteiger charge is 2.21. The molecule has 0 amide bonds. The summed E-state index contributed by atoms with van der Waals surface area (Å²) in [6, 6.07) is 6.16. The number of aliphatic carboxylic acids is 1. The Morgan fingerprint density at radius 3 is 2.36 bits per heavy atom. The lowest BCUT2D eigenvalue weighted by Gasteiger charge is -2.16. The Morgan fingerprint density at radius 2 is 1.86 bits per heavy atom. The molecule has 1 aromatic rings. The molecule has 0 atom stereocenters. The Morgan fingerprint density at radius 1 is 1.27 bits per heavy atom. The van der Waals surface area contributed by atoms with Crippen LogP contribution in [0.4, 0.5) is 0 Å². The Hall–Kier alpha value is -1.60. The number of carbonyl (C=O) groups is 1. The molecule has 0 saturated heterocycles. The van der Waals surface area contributed by atoms with E-state index in [9.17, 15) is 13.2 Å². The van der Waals surface area contributed by atoms with Crippen LogP contribution in [0.5, 0.6) is 5.75 Å². The first-order valence-corrected chi connectivity index (χ1v) is 8.58. The zero-order valence-electron chi connectivity index (χ0n) is 13.2. The second-order valence-corrected chi connectivity index (χ2v) is 7.52. The second-order valence-electron chi connectivity index (χ2n) is 5.47. The predicted octanol–water partition coefficient (Wildman–Crippen LogP) is 2.21. The van der Waals surface area contributed by atoms with Gasteiger partial charge in [0.25, 0.3) is 0 Å². The summed E-state index contributed by atoms with van der Waals surface area (Å²) in [5, 5.41) is 8.62. The maximum atomic E-state index is 12.3. The van der Waals surface area contributed by atoms with Gasteiger partial charge in [0.15, 0.2) is 0 Å². The number of benzene rings is 1. The lowest BCUT2D eigenvalue weighted by Crippen LogP contribution is -2.29. The van der Waals surface area contributed by atoms with Crippen LogP contribution in [0.2, 0.25) is 0 Å². The largest absolute Gasteiger partial charge is 0.494 e. The lowest BCUT2D eigenvalue weighted by atomic mass is 10.1. The third-order valence-corrected chi connectivity index (χ3v) is 5.01. The van der Waals surface area contributed by atoms with Crippen molar-refractivity contribution in [2.75, 3.05) is 20.2 Å². The van der Waals surface area contributed by atoms with Crippen molar-refractivity contribution in [3.05, 3.63) is 24.3 Å². The van der Waals surface area contributed by atoms with Gasteiger partial charge in [0.05, 0.1) is 17.9 Å². The molecule has 0 aromatic heterocycles. The zero-order chi connectivity index (χ0) is 16.8. The Balaban J connectivity index is 2.69. The third-order valence-electron chi connectivity index (χ3n) is 3.14. The number of carboxylic acids is 1. The molecular weight excluding hydrogens is 306 g/mol. The molecule has 1 aromatic carbocycles. The maximum absolute atomic E-state index is 12.3. The number of sulfonamides is 1. The Bertz CT molecular complexity index is 580. The van der Waals surface area contributed by atoms with E-state index in [0.29, 0.717) is 18.3 Å². The molecule has 0 radical (unpaired) electrons. The summed E-state index contributed by atoms with van der Waals surface area (Å²) in [5.41, 5.74) is 0. The molecule has 0 aliphatic heterocycles. The molecule has 22 heavy (non-hydrogen) atoms. The van der Waals surface area contributed by atoms with Gasteiger partial charge in [-0.25, -0.2) is 12.7 Å². The van der Waals surface area contributed by atoms with Crippen molar-refractivity contribution >= 4 is 16.0 Å². The summed E-state index contributed by atoms with van der Waals surface area (Å²) in [7, 11) is -2.30. The van der Waals surface area contributed by atoms with E-state index in [4.69, 9.17) is 9.84 Å². The summed E-state index contributed by atoms with van der Waals surface area (Å²) in [6.45, 7) is 4.73. The minimum atomic E-state index is -3.67. The van der Waals surface area contributed by atoms with Crippen LogP contribution < -0.4 is 4.74 Å². The molecule has 6 nitrogen and oxygen atoms in total. The van der Waals surface area contributed by atoms with E-state index in [2.05, 4.69) is 13.8 Å². The highest BCUT2D eigenvalue weighted by molar-refractivity contribution is 7.89. The number of carboxylic acid groups (broad SMARTS) is 1. The van der Waals surface area contributed by atoms with Gasteiger partial charge in [-0.2, -0.15) is 0 Å². The van der Waals surface area contributed by atoms with Crippen LogP contribution in [0, 0.1) is 5.92 Å². The van der Waals surface area contributed by atoms with E-state index in [1.165, 1.54) is 19.2 Å². The smallest absolute Gasteiger partial charge is 0.304 e. The fraction of sp³-hybridized carbons (Fsp3) is 0.533. The molecule has 0 unspecified atom stereocenters. The highest BCUT2D eigenvalue weighted by atomic mass is 32.2. The van der Waals surface area contributed by atoms with Gasteiger partial charge in [-0.15, -0.1) is 0 Å². The van der Waals surface area contributed by atoms with E-state index < -0.39 is 16.0 Å². The average Bonchev–Trinajstić information content (AvgIpc) is 2.44. The van der Waals surface area contributed by atoms with E-state index in [1.54, 1.807) is 12.1 Å². The first-order chi connectivity index (χ1) is 10.2. The molecule has 0 heterocycles. The van der Waals surface area contributed by atoms with Crippen molar-refractivity contribution in [1.82, 2.24) is 4.31 Å². The van der Waals surface area contributed by atoms with Gasteiger partial charge in [0.2, 0.25) is 10.0 Å². The molecule has 7 heteroatoms. The first kappa shape index (κ1) is 18.4. The van der Waals surface area contributed by atoms with Crippen molar-refractivity contribution in [3.8, 4) is 5.75 Å². The monoisotopic (exact) mass is 329 g/mol. The van der Waals surface area contributed by atoms with Crippen LogP contribution in [-0.4, -0.2) is 44.0 Å². The SMILES string of the molecule is CC(C)CCOc1ccc(S(=O)(=O)N(C)CCC(=O)O)cc1. The maximum Gasteiger partial charge on any atom is 0.304 e. The Labute approximate surface area is 131 Å². The van der Waals surface area contributed by atoms with E-state index in [0.717, 1.165) is 10.7 Å². The molecule has 1 rings (SSSR count). The van der Waals surface area contributed by atoms with E-state index >= 15 is 0 Å². The van der Waals surface area contributed by atoms with Gasteiger partial charge in [-0.1, -0.05) is 13.8 Å². The zero-order valence-corrected chi connectivity index (χ0v) is 14.0. The molecule has 0 bridgehead atoms. The van der Waals surface area contributed by atoms with Crippen LogP contribution in [0.3, 0.4) is 0 Å². The number of nitrogens with zero attached hydrogens (tertiary/aromatic N) is 1. The number of hydrogen-bond donors (Lipinski definition) is 1. The van der Waals surface area contributed by atoms with Gasteiger partial charge >= 0.3 is 5.97 Å². The number of rotatable bonds is 9. The van der Waals surface area contributed by atoms with Crippen LogP contribution in [0.25, 0.3) is 0 Å². The van der Waals surface area contributed by atoms with Crippen LogP contribution in [0.15, 0.2) is 29.2 Å². The van der Waals surface area contributed by atoms with Crippen molar-refractivity contribution in [1.29, 1.82) is 0 Å². The van der Waals surface area contributed by atoms with Crippen molar-refractivity contribution < 1.29 is 23.1 Å². The average molecular weight is 329 g/mol. The number of ether oxygens (including phenoxy) is 1. The standard InChI is InChI=1S/C15H23NO5S/c1-12(2)9-11-21-13-4-6-14(7-5-13)22(19,20)16(3)10-8-15(17)18/h4-7,12H,8-11H2,1-3H3,(H,17,18). The second kappa shape index (κ2) is 8.14. The summed E-state index contributed by atoms with van der Waals surface area (Å²) in [4.78, 5) is 10.6. The van der Waals surface area contributed by atoms with Crippen molar-refractivity contribution in [2.45, 2.75) is 31.6 Å². The van der Waals surface area contributed by atoms with Gasteiger partial charge < -0.3 is 9.84 Å².